The number of nitrogens with zero attached hydrogens (tertiary/aromatic N) is 2. The van der Waals surface area contributed by atoms with Gasteiger partial charge in [-0.05, 0) is 56.4 Å². The van der Waals surface area contributed by atoms with Crippen LogP contribution in [0.2, 0.25) is 0 Å². The molecule has 3 aromatic heterocycles. The van der Waals surface area contributed by atoms with Gasteiger partial charge in [-0.2, -0.15) is 0 Å². The number of carbonyl (C=O) groups is 1. The number of aromatic amines is 1. The van der Waals surface area contributed by atoms with Crippen molar-refractivity contribution in [2.24, 2.45) is 5.41 Å². The molecular weight excluding hydrogens is 310 g/mol. The molecule has 4 heteroatoms. The number of fused-ring (bicyclic) bond motifs is 3. The molecule has 3 aromatic rings. The highest BCUT2D eigenvalue weighted by atomic mass is 16.1. The van der Waals surface area contributed by atoms with Gasteiger partial charge in [-0.25, -0.2) is 4.98 Å². The minimum Gasteiger partial charge on any atom is -0.348 e. The summed E-state index contributed by atoms with van der Waals surface area (Å²) in [5, 5.41) is 0. The molecule has 4 rings (SSSR count). The number of hydrogen-bond donors (Lipinski definition) is 1. The van der Waals surface area contributed by atoms with E-state index in [4.69, 9.17) is 0 Å². The van der Waals surface area contributed by atoms with E-state index < -0.39 is 0 Å². The van der Waals surface area contributed by atoms with E-state index in [0.29, 0.717) is 5.78 Å². The van der Waals surface area contributed by atoms with Crippen LogP contribution in [-0.2, 0) is 12.8 Å². The lowest BCUT2D eigenvalue weighted by atomic mass is 9.67. The molecule has 0 spiro atoms. The third-order valence-corrected chi connectivity index (χ3v) is 5.94. The van der Waals surface area contributed by atoms with Gasteiger partial charge in [0.05, 0.1) is 17.7 Å². The summed E-state index contributed by atoms with van der Waals surface area (Å²) < 4.78 is 2.11. The van der Waals surface area contributed by atoms with Gasteiger partial charge < -0.3 is 9.38 Å². The Morgan fingerprint density at radius 1 is 1.32 bits per heavy atom. The molecule has 0 aromatic carbocycles. The van der Waals surface area contributed by atoms with Gasteiger partial charge in [0.15, 0.2) is 5.78 Å². The molecule has 4 nitrogen and oxygen atoms in total. The van der Waals surface area contributed by atoms with Crippen LogP contribution in [0.25, 0.3) is 5.52 Å². The van der Waals surface area contributed by atoms with Crippen LogP contribution in [-0.4, -0.2) is 20.2 Å². The average Bonchev–Trinajstić information content (AvgIpc) is 3.14. The Hall–Kier alpha value is -2.36. The Morgan fingerprint density at radius 3 is 2.88 bits per heavy atom. The molecule has 130 valence electrons. The highest BCUT2D eigenvalue weighted by Gasteiger charge is 2.44. The third kappa shape index (κ3) is 2.35. The van der Waals surface area contributed by atoms with Crippen LogP contribution < -0.4 is 0 Å². The smallest absolute Gasteiger partial charge is 0.186 e. The summed E-state index contributed by atoms with van der Waals surface area (Å²) in [6.45, 7) is 6.35. The van der Waals surface area contributed by atoms with Crippen LogP contribution in [0.3, 0.4) is 0 Å². The topological polar surface area (TPSA) is 50.2 Å². The first-order chi connectivity index (χ1) is 12.1. The number of rotatable bonds is 4. The summed E-state index contributed by atoms with van der Waals surface area (Å²) in [5.74, 6) is 0.298. The van der Waals surface area contributed by atoms with Gasteiger partial charge in [0, 0.05) is 29.2 Å². The minimum atomic E-state index is -0.335. The molecule has 0 saturated heterocycles. The van der Waals surface area contributed by atoms with E-state index in [2.05, 4.69) is 34.3 Å². The maximum Gasteiger partial charge on any atom is 0.186 e. The monoisotopic (exact) mass is 335 g/mol. The van der Waals surface area contributed by atoms with Gasteiger partial charge >= 0.3 is 0 Å². The zero-order chi connectivity index (χ0) is 17.6. The van der Waals surface area contributed by atoms with Gasteiger partial charge in [-0.15, -0.1) is 0 Å². The first kappa shape index (κ1) is 16.1. The normalized spacial score (nSPS) is 20.2. The standard InChI is InChI=1S/C21H25N3O/c1-4-9-21(12-17-15(3)22-13-23-17)10-8-16-14(2)18-7-5-6-11-24(18)19(16)20(21)25/h5-7,11,13H,4,8-10,12H2,1-3H3,(H,22,23). The molecule has 0 radical (unpaired) electrons. The number of aromatic nitrogens is 3. The number of carbonyl (C=O) groups excluding carboxylic acids is 1. The number of hydrogen-bond acceptors (Lipinski definition) is 2. The van der Waals surface area contributed by atoms with Crippen molar-refractivity contribution in [3.63, 3.8) is 0 Å². The fraction of sp³-hybridized carbons (Fsp3) is 0.429. The molecule has 0 fully saturated rings. The van der Waals surface area contributed by atoms with Crippen molar-refractivity contribution in [2.45, 2.75) is 52.9 Å². The predicted octanol–water partition coefficient (Wildman–Crippen LogP) is 4.44. The largest absolute Gasteiger partial charge is 0.348 e. The summed E-state index contributed by atoms with van der Waals surface area (Å²) in [7, 11) is 0. The van der Waals surface area contributed by atoms with E-state index in [-0.39, 0.29) is 5.41 Å². The number of aryl methyl sites for hydroxylation is 2. The second kappa shape index (κ2) is 5.87. The van der Waals surface area contributed by atoms with Crippen LogP contribution >= 0.6 is 0 Å². The number of ketones is 1. The molecule has 1 unspecified atom stereocenters. The van der Waals surface area contributed by atoms with Gasteiger partial charge in [0.25, 0.3) is 0 Å². The summed E-state index contributed by atoms with van der Waals surface area (Å²) >= 11 is 0. The zero-order valence-electron chi connectivity index (χ0n) is 15.2. The first-order valence-corrected chi connectivity index (χ1v) is 9.19. The highest BCUT2D eigenvalue weighted by molar-refractivity contribution is 6.03. The SMILES string of the molecule is CCCC1(Cc2nc[nH]c2C)CCc2c(C)c3ccccn3c2C1=O. The summed E-state index contributed by atoms with van der Waals surface area (Å²) in [4.78, 5) is 21.4. The van der Waals surface area contributed by atoms with Gasteiger partial charge in [-0.1, -0.05) is 19.4 Å². The molecule has 1 aliphatic carbocycles. The van der Waals surface area contributed by atoms with Crippen molar-refractivity contribution in [3.8, 4) is 0 Å². The van der Waals surface area contributed by atoms with E-state index in [1.54, 1.807) is 6.33 Å². The Balaban J connectivity index is 1.85. The Morgan fingerprint density at radius 2 is 2.16 bits per heavy atom. The van der Waals surface area contributed by atoms with Crippen molar-refractivity contribution in [1.82, 2.24) is 14.4 Å². The van der Waals surface area contributed by atoms with Crippen molar-refractivity contribution >= 4 is 11.3 Å². The van der Waals surface area contributed by atoms with E-state index >= 15 is 0 Å². The lowest BCUT2D eigenvalue weighted by molar-refractivity contribution is 0.0725. The van der Waals surface area contributed by atoms with Gasteiger partial charge in [0.1, 0.15) is 0 Å². The predicted molar refractivity (Wildman–Crippen MR) is 99.2 cm³/mol. The van der Waals surface area contributed by atoms with Crippen LogP contribution in [0.5, 0.6) is 0 Å². The average molecular weight is 335 g/mol. The second-order valence-electron chi connectivity index (χ2n) is 7.42. The summed E-state index contributed by atoms with van der Waals surface area (Å²) in [6.07, 6.45) is 8.30. The molecule has 1 N–H and O–H groups in total. The second-order valence-corrected chi connectivity index (χ2v) is 7.42. The maximum absolute atomic E-state index is 13.7. The molecule has 3 heterocycles. The van der Waals surface area contributed by atoms with Crippen molar-refractivity contribution in [2.75, 3.05) is 0 Å². The number of H-pyrrole nitrogens is 1. The lowest BCUT2D eigenvalue weighted by Gasteiger charge is -2.35. The first-order valence-electron chi connectivity index (χ1n) is 9.19. The van der Waals surface area contributed by atoms with E-state index in [1.807, 2.05) is 25.3 Å². The summed E-state index contributed by atoms with van der Waals surface area (Å²) in [5.41, 5.74) is 6.32. The van der Waals surface area contributed by atoms with Crippen LogP contribution in [0.1, 0.15) is 59.2 Å². The van der Waals surface area contributed by atoms with Crippen molar-refractivity contribution in [1.29, 1.82) is 0 Å². The highest BCUT2D eigenvalue weighted by Crippen LogP contribution is 2.44. The zero-order valence-corrected chi connectivity index (χ0v) is 15.2. The molecule has 25 heavy (non-hydrogen) atoms. The molecule has 0 amide bonds. The number of pyridine rings is 1. The van der Waals surface area contributed by atoms with Crippen LogP contribution in [0.4, 0.5) is 0 Å². The Bertz CT molecular complexity index is 949. The number of nitrogens with one attached hydrogen (secondary N) is 1. The number of imidazole rings is 1. The van der Waals surface area contributed by atoms with E-state index in [0.717, 1.165) is 54.7 Å². The molecule has 0 aliphatic heterocycles. The Kier molecular flexibility index (Phi) is 3.78. The van der Waals surface area contributed by atoms with E-state index in [9.17, 15) is 4.79 Å². The third-order valence-electron chi connectivity index (χ3n) is 5.94. The lowest BCUT2D eigenvalue weighted by Crippen LogP contribution is -2.39. The quantitative estimate of drug-likeness (QED) is 0.766. The molecule has 1 atom stereocenters. The van der Waals surface area contributed by atoms with Gasteiger partial charge in [-0.3, -0.25) is 4.79 Å². The van der Waals surface area contributed by atoms with Crippen molar-refractivity contribution < 1.29 is 4.79 Å². The molecule has 0 saturated carbocycles. The number of Topliss-reactive ketones (excluding diaryl/α,β-unsaturated/α-hetero) is 1. The fourth-order valence-corrected chi connectivity index (χ4v) is 4.56. The molecule has 0 bridgehead atoms. The maximum atomic E-state index is 13.7. The van der Waals surface area contributed by atoms with Crippen LogP contribution in [0.15, 0.2) is 30.7 Å². The Labute approximate surface area is 148 Å². The van der Waals surface area contributed by atoms with Gasteiger partial charge in [0.2, 0.25) is 0 Å². The van der Waals surface area contributed by atoms with Crippen molar-refractivity contribution in [3.05, 3.63) is 58.9 Å². The fourth-order valence-electron chi connectivity index (χ4n) is 4.56. The molecular formula is C21H25N3O. The minimum absolute atomic E-state index is 0.298. The van der Waals surface area contributed by atoms with E-state index in [1.165, 1.54) is 11.1 Å². The summed E-state index contributed by atoms with van der Waals surface area (Å²) in [6, 6.07) is 6.17. The molecule has 1 aliphatic rings. The van der Waals surface area contributed by atoms with Crippen LogP contribution in [0, 0.1) is 19.3 Å².